The number of para-hydroxylation sites is 2. The first kappa shape index (κ1) is 15.2. The van der Waals surface area contributed by atoms with Gasteiger partial charge in [0.2, 0.25) is 0 Å². The van der Waals surface area contributed by atoms with Crippen LogP contribution in [-0.2, 0) is 6.54 Å². The third kappa shape index (κ3) is 2.93. The van der Waals surface area contributed by atoms with Crippen molar-refractivity contribution in [3.63, 3.8) is 0 Å². The zero-order valence-corrected chi connectivity index (χ0v) is 12.7. The van der Waals surface area contributed by atoms with Crippen molar-refractivity contribution >= 4 is 0 Å². The van der Waals surface area contributed by atoms with E-state index in [1.54, 1.807) is 16.8 Å². The molecule has 0 bridgehead atoms. The second kappa shape index (κ2) is 6.58. The normalized spacial score (nSPS) is 10.7. The number of hydrogen-bond donors (Lipinski definition) is 1. The average molecular weight is 312 g/mol. The maximum absolute atomic E-state index is 13.6. The molecule has 1 aromatic heterocycles. The van der Waals surface area contributed by atoms with Crippen LogP contribution in [0.15, 0.2) is 48.5 Å². The number of benzene rings is 2. The van der Waals surface area contributed by atoms with Gasteiger partial charge in [0.15, 0.2) is 0 Å². The highest BCUT2D eigenvalue weighted by Gasteiger charge is 2.18. The van der Waals surface area contributed by atoms with E-state index in [1.165, 1.54) is 12.1 Å². The van der Waals surface area contributed by atoms with E-state index >= 15 is 0 Å². The molecule has 118 valence electrons. The Morgan fingerprint density at radius 2 is 2.00 bits per heavy atom. The quantitative estimate of drug-likeness (QED) is 0.786. The van der Waals surface area contributed by atoms with Gasteiger partial charge in [0.1, 0.15) is 22.9 Å². The molecule has 1 heterocycles. The van der Waals surface area contributed by atoms with E-state index in [9.17, 15) is 4.39 Å². The van der Waals surface area contributed by atoms with E-state index in [-0.39, 0.29) is 12.4 Å². The molecule has 23 heavy (non-hydrogen) atoms. The minimum atomic E-state index is -0.323. The van der Waals surface area contributed by atoms with Crippen LogP contribution in [0, 0.1) is 5.82 Å². The molecule has 0 aliphatic heterocycles. The molecule has 3 rings (SSSR count). The van der Waals surface area contributed by atoms with Crippen LogP contribution in [0.25, 0.3) is 16.9 Å². The van der Waals surface area contributed by atoms with Gasteiger partial charge in [-0.2, -0.15) is 0 Å². The number of halogens is 1. The van der Waals surface area contributed by atoms with Crippen LogP contribution < -0.4 is 10.5 Å². The Balaban J connectivity index is 2.20. The molecule has 0 unspecified atom stereocenters. The van der Waals surface area contributed by atoms with Crippen molar-refractivity contribution in [2.45, 2.75) is 13.5 Å². The first-order valence-electron chi connectivity index (χ1n) is 7.37. The Morgan fingerprint density at radius 3 is 2.74 bits per heavy atom. The number of nitrogens with two attached hydrogens (primary N) is 1. The molecule has 0 aliphatic rings. The lowest BCUT2D eigenvalue weighted by Gasteiger charge is -2.12. The van der Waals surface area contributed by atoms with Gasteiger partial charge in [-0.1, -0.05) is 29.5 Å². The molecule has 0 aliphatic carbocycles. The number of hydrogen-bond acceptors (Lipinski definition) is 4. The van der Waals surface area contributed by atoms with Crippen molar-refractivity contribution in [2.75, 3.05) is 6.61 Å². The van der Waals surface area contributed by atoms with E-state index in [0.29, 0.717) is 29.3 Å². The smallest absolute Gasteiger partial charge is 0.145 e. The van der Waals surface area contributed by atoms with E-state index < -0.39 is 0 Å². The molecule has 0 saturated heterocycles. The molecule has 0 saturated carbocycles. The Morgan fingerprint density at radius 1 is 1.17 bits per heavy atom. The van der Waals surface area contributed by atoms with Crippen LogP contribution >= 0.6 is 0 Å². The summed E-state index contributed by atoms with van der Waals surface area (Å²) in [5, 5.41) is 8.32. The first-order chi connectivity index (χ1) is 11.2. The Hall–Kier alpha value is -2.73. The molecule has 6 heteroatoms. The zero-order valence-electron chi connectivity index (χ0n) is 12.7. The molecule has 2 N–H and O–H groups in total. The maximum atomic E-state index is 13.6. The highest BCUT2D eigenvalue weighted by molar-refractivity contribution is 5.65. The third-order valence-corrected chi connectivity index (χ3v) is 3.42. The fraction of sp³-hybridized carbons (Fsp3) is 0.176. The van der Waals surface area contributed by atoms with Gasteiger partial charge >= 0.3 is 0 Å². The first-order valence-corrected chi connectivity index (χ1v) is 7.37. The van der Waals surface area contributed by atoms with Crippen LogP contribution in [0.5, 0.6) is 5.75 Å². The number of ether oxygens (including phenoxy) is 1. The van der Waals surface area contributed by atoms with E-state index in [2.05, 4.69) is 10.3 Å². The molecule has 0 fully saturated rings. The molecule has 0 amide bonds. The number of rotatable bonds is 5. The molecule has 5 nitrogen and oxygen atoms in total. The summed E-state index contributed by atoms with van der Waals surface area (Å²) >= 11 is 0. The van der Waals surface area contributed by atoms with Crippen molar-refractivity contribution in [1.82, 2.24) is 15.0 Å². The SMILES string of the molecule is CCOc1ccccc1-n1nnc(CN)c1-c1cccc(F)c1. The van der Waals surface area contributed by atoms with Gasteiger partial charge in [-0.05, 0) is 31.2 Å². The van der Waals surface area contributed by atoms with Crippen LogP contribution in [0.4, 0.5) is 4.39 Å². The lowest BCUT2D eigenvalue weighted by Crippen LogP contribution is -2.05. The second-order valence-electron chi connectivity index (χ2n) is 4.91. The summed E-state index contributed by atoms with van der Waals surface area (Å²) in [6.07, 6.45) is 0. The Bertz CT molecular complexity index is 816. The van der Waals surface area contributed by atoms with Crippen molar-refractivity contribution in [2.24, 2.45) is 5.73 Å². The summed E-state index contributed by atoms with van der Waals surface area (Å²) in [6.45, 7) is 2.66. The standard InChI is InChI=1S/C17H17FN4O/c1-2-23-16-9-4-3-8-15(16)22-17(14(11-19)20-21-22)12-6-5-7-13(18)10-12/h3-10H,2,11,19H2,1H3. The Kier molecular flexibility index (Phi) is 4.34. The van der Waals surface area contributed by atoms with E-state index in [1.807, 2.05) is 31.2 Å². The minimum Gasteiger partial charge on any atom is -0.492 e. The van der Waals surface area contributed by atoms with Crippen LogP contribution in [0.2, 0.25) is 0 Å². The van der Waals surface area contributed by atoms with Gasteiger partial charge < -0.3 is 10.5 Å². The third-order valence-electron chi connectivity index (χ3n) is 3.42. The summed E-state index contributed by atoms with van der Waals surface area (Å²) in [5.74, 6) is 0.359. The highest BCUT2D eigenvalue weighted by Crippen LogP contribution is 2.30. The van der Waals surface area contributed by atoms with Crippen molar-refractivity contribution in [3.8, 4) is 22.7 Å². The summed E-state index contributed by atoms with van der Waals surface area (Å²) in [7, 11) is 0. The maximum Gasteiger partial charge on any atom is 0.145 e. The lowest BCUT2D eigenvalue weighted by molar-refractivity contribution is 0.338. The highest BCUT2D eigenvalue weighted by atomic mass is 19.1. The van der Waals surface area contributed by atoms with Crippen molar-refractivity contribution in [1.29, 1.82) is 0 Å². The number of nitrogens with zero attached hydrogens (tertiary/aromatic N) is 3. The molecular weight excluding hydrogens is 295 g/mol. The van der Waals surface area contributed by atoms with Gasteiger partial charge in [-0.3, -0.25) is 0 Å². The molecule has 0 radical (unpaired) electrons. The van der Waals surface area contributed by atoms with E-state index in [0.717, 1.165) is 5.69 Å². The zero-order chi connectivity index (χ0) is 16.2. The van der Waals surface area contributed by atoms with Gasteiger partial charge in [-0.15, -0.1) is 5.10 Å². The average Bonchev–Trinajstić information content (AvgIpc) is 2.99. The van der Waals surface area contributed by atoms with Gasteiger partial charge in [-0.25, -0.2) is 9.07 Å². The Labute approximate surface area is 133 Å². The van der Waals surface area contributed by atoms with Crippen LogP contribution in [0.3, 0.4) is 0 Å². The molecule has 3 aromatic rings. The van der Waals surface area contributed by atoms with Crippen LogP contribution in [-0.4, -0.2) is 21.6 Å². The fourth-order valence-electron chi connectivity index (χ4n) is 2.45. The van der Waals surface area contributed by atoms with Crippen molar-refractivity contribution < 1.29 is 9.13 Å². The summed E-state index contributed by atoms with van der Waals surface area (Å²) in [5.41, 5.74) is 8.44. The van der Waals surface area contributed by atoms with E-state index in [4.69, 9.17) is 10.5 Å². The topological polar surface area (TPSA) is 66.0 Å². The van der Waals surface area contributed by atoms with Crippen molar-refractivity contribution in [3.05, 3.63) is 60.0 Å². The number of aromatic nitrogens is 3. The molecular formula is C17H17FN4O. The molecule has 2 aromatic carbocycles. The minimum absolute atomic E-state index is 0.211. The fourth-order valence-corrected chi connectivity index (χ4v) is 2.45. The predicted octanol–water partition coefficient (Wildman–Crippen LogP) is 2.93. The summed E-state index contributed by atoms with van der Waals surface area (Å²) in [6, 6.07) is 13.8. The summed E-state index contributed by atoms with van der Waals surface area (Å²) in [4.78, 5) is 0. The largest absolute Gasteiger partial charge is 0.492 e. The predicted molar refractivity (Wildman–Crippen MR) is 85.8 cm³/mol. The molecule has 0 atom stereocenters. The summed E-state index contributed by atoms with van der Waals surface area (Å²) < 4.78 is 20.9. The van der Waals surface area contributed by atoms with Gasteiger partial charge in [0.05, 0.1) is 12.3 Å². The lowest BCUT2D eigenvalue weighted by atomic mass is 10.1. The van der Waals surface area contributed by atoms with Gasteiger partial charge in [0, 0.05) is 12.1 Å². The van der Waals surface area contributed by atoms with Gasteiger partial charge in [0.25, 0.3) is 0 Å². The molecule has 0 spiro atoms. The van der Waals surface area contributed by atoms with Crippen LogP contribution in [0.1, 0.15) is 12.6 Å². The second-order valence-corrected chi connectivity index (χ2v) is 4.91. The monoisotopic (exact) mass is 312 g/mol.